The molecule has 0 spiro atoms. The van der Waals surface area contributed by atoms with Gasteiger partial charge in [-0.05, 0) is 90.5 Å². The van der Waals surface area contributed by atoms with E-state index in [1.54, 1.807) is 0 Å². The van der Waals surface area contributed by atoms with Crippen LogP contribution in [-0.4, -0.2) is 0 Å². The molecule has 0 saturated carbocycles. The zero-order valence-corrected chi connectivity index (χ0v) is 20.9. The zero-order chi connectivity index (χ0) is 25.1. The molecule has 38 heavy (non-hydrogen) atoms. The van der Waals surface area contributed by atoms with Crippen LogP contribution < -0.4 is 5.32 Å². The van der Waals surface area contributed by atoms with Gasteiger partial charge in [0.1, 0.15) is 0 Å². The number of fused-ring (bicyclic) bond motifs is 6. The van der Waals surface area contributed by atoms with Crippen molar-refractivity contribution in [3.05, 3.63) is 156 Å². The summed E-state index contributed by atoms with van der Waals surface area (Å²) in [6, 6.07) is 41.9. The maximum atomic E-state index is 3.65. The van der Waals surface area contributed by atoms with Crippen molar-refractivity contribution in [1.29, 1.82) is 0 Å². The Labute approximate surface area is 222 Å². The van der Waals surface area contributed by atoms with Crippen LogP contribution in [0, 0.1) is 0 Å². The van der Waals surface area contributed by atoms with Crippen molar-refractivity contribution in [3.8, 4) is 11.1 Å². The highest BCUT2D eigenvalue weighted by molar-refractivity contribution is 6.08. The van der Waals surface area contributed by atoms with Crippen LogP contribution in [0.15, 0.2) is 145 Å². The van der Waals surface area contributed by atoms with E-state index in [0.29, 0.717) is 5.92 Å². The molecule has 6 aromatic rings. The van der Waals surface area contributed by atoms with Gasteiger partial charge in [0.25, 0.3) is 0 Å². The third-order valence-electron chi connectivity index (χ3n) is 8.06. The van der Waals surface area contributed by atoms with Crippen molar-refractivity contribution in [1.82, 2.24) is 0 Å². The molecule has 1 unspecified atom stereocenters. The van der Waals surface area contributed by atoms with E-state index in [1.165, 1.54) is 60.1 Å². The van der Waals surface area contributed by atoms with Crippen LogP contribution in [0.3, 0.4) is 0 Å². The van der Waals surface area contributed by atoms with E-state index in [2.05, 4.69) is 145 Å². The fourth-order valence-corrected chi connectivity index (χ4v) is 6.25. The number of rotatable bonds is 3. The fourth-order valence-electron chi connectivity index (χ4n) is 6.25. The van der Waals surface area contributed by atoms with Crippen molar-refractivity contribution < 1.29 is 0 Å². The Bertz CT molecular complexity index is 1980. The van der Waals surface area contributed by atoms with E-state index in [4.69, 9.17) is 0 Å². The molecule has 8 rings (SSSR count). The first-order chi connectivity index (χ1) is 18.8. The first-order valence-corrected chi connectivity index (χ1v) is 13.2. The Morgan fingerprint density at radius 1 is 0.579 bits per heavy atom. The van der Waals surface area contributed by atoms with E-state index < -0.39 is 0 Å². The van der Waals surface area contributed by atoms with Crippen LogP contribution >= 0.6 is 0 Å². The van der Waals surface area contributed by atoms with Gasteiger partial charge in [-0.2, -0.15) is 0 Å². The van der Waals surface area contributed by atoms with Gasteiger partial charge in [-0.25, -0.2) is 0 Å². The van der Waals surface area contributed by atoms with Crippen LogP contribution in [0.25, 0.3) is 49.0 Å². The van der Waals surface area contributed by atoms with Crippen LogP contribution in [0.1, 0.15) is 17.0 Å². The molecule has 1 N–H and O–H groups in total. The van der Waals surface area contributed by atoms with Crippen LogP contribution in [-0.2, 0) is 0 Å². The number of benzene rings is 6. The molecular weight excluding hydrogens is 458 g/mol. The van der Waals surface area contributed by atoms with Crippen LogP contribution in [0.4, 0.5) is 5.69 Å². The number of nitrogens with one attached hydrogen (secondary N) is 1. The van der Waals surface area contributed by atoms with E-state index >= 15 is 0 Å². The third-order valence-corrected chi connectivity index (χ3v) is 8.06. The second-order valence-electron chi connectivity index (χ2n) is 10.3. The van der Waals surface area contributed by atoms with E-state index in [1.807, 2.05) is 0 Å². The van der Waals surface area contributed by atoms with Crippen molar-refractivity contribution in [3.63, 3.8) is 0 Å². The van der Waals surface area contributed by atoms with Gasteiger partial charge in [0.15, 0.2) is 0 Å². The largest absolute Gasteiger partial charge is 0.356 e. The summed E-state index contributed by atoms with van der Waals surface area (Å²) in [6.45, 7) is 0. The molecule has 1 atom stereocenters. The SMILES string of the molecule is C1=CC2C(=CC(Nc3ccc(-c4ccc5c(ccc6ccccc65)c4)cc3)=C1)c1cccc3cccc2c13. The smallest absolute Gasteiger partial charge is 0.0387 e. The Morgan fingerprint density at radius 2 is 1.34 bits per heavy atom. The highest BCUT2D eigenvalue weighted by Gasteiger charge is 2.28. The minimum Gasteiger partial charge on any atom is -0.356 e. The van der Waals surface area contributed by atoms with Gasteiger partial charge >= 0.3 is 0 Å². The second-order valence-corrected chi connectivity index (χ2v) is 10.3. The van der Waals surface area contributed by atoms with E-state index in [9.17, 15) is 0 Å². The molecule has 2 aliphatic carbocycles. The van der Waals surface area contributed by atoms with Gasteiger partial charge in [-0.15, -0.1) is 0 Å². The van der Waals surface area contributed by atoms with Gasteiger partial charge in [0.2, 0.25) is 0 Å². The molecule has 0 saturated heterocycles. The normalized spacial score (nSPS) is 15.8. The molecule has 0 bridgehead atoms. The summed E-state index contributed by atoms with van der Waals surface area (Å²) in [4.78, 5) is 0. The summed E-state index contributed by atoms with van der Waals surface area (Å²) in [5, 5.41) is 11.5. The Hall–Kier alpha value is -4.88. The fraction of sp³-hybridized carbons (Fsp3) is 0.0270. The molecule has 2 aliphatic rings. The highest BCUT2D eigenvalue weighted by atomic mass is 14.9. The van der Waals surface area contributed by atoms with Crippen molar-refractivity contribution in [2.45, 2.75) is 5.92 Å². The second kappa shape index (κ2) is 8.33. The maximum Gasteiger partial charge on any atom is 0.0387 e. The van der Waals surface area contributed by atoms with Gasteiger partial charge in [-0.1, -0.05) is 109 Å². The lowest BCUT2D eigenvalue weighted by atomic mass is 9.95. The summed E-state index contributed by atoms with van der Waals surface area (Å²) >= 11 is 0. The lowest BCUT2D eigenvalue weighted by Crippen LogP contribution is -1.98. The monoisotopic (exact) mass is 483 g/mol. The predicted octanol–water partition coefficient (Wildman–Crippen LogP) is 9.86. The number of hydrogen-bond acceptors (Lipinski definition) is 1. The molecule has 178 valence electrons. The van der Waals surface area contributed by atoms with Crippen LogP contribution in [0.2, 0.25) is 0 Å². The summed E-state index contributed by atoms with van der Waals surface area (Å²) in [7, 11) is 0. The van der Waals surface area contributed by atoms with E-state index in [-0.39, 0.29) is 0 Å². The van der Waals surface area contributed by atoms with E-state index in [0.717, 1.165) is 11.4 Å². The molecular formula is C37H25N. The number of allylic oxidation sites excluding steroid dienone is 5. The molecule has 1 nitrogen and oxygen atoms in total. The summed E-state index contributed by atoms with van der Waals surface area (Å²) in [5.74, 6) is 0.305. The quantitative estimate of drug-likeness (QED) is 0.247. The molecule has 0 aromatic heterocycles. The molecule has 0 fully saturated rings. The molecule has 0 aliphatic heterocycles. The summed E-state index contributed by atoms with van der Waals surface area (Å²) in [5.41, 5.74) is 8.77. The Balaban J connectivity index is 1.09. The van der Waals surface area contributed by atoms with Gasteiger partial charge < -0.3 is 5.32 Å². The lowest BCUT2D eigenvalue weighted by Gasteiger charge is -2.12. The molecule has 0 amide bonds. The number of hydrogen-bond donors (Lipinski definition) is 1. The van der Waals surface area contributed by atoms with Gasteiger partial charge in [0.05, 0.1) is 0 Å². The van der Waals surface area contributed by atoms with Crippen molar-refractivity contribution >= 4 is 43.6 Å². The average molecular weight is 484 g/mol. The molecule has 1 heteroatoms. The summed E-state index contributed by atoms with van der Waals surface area (Å²) < 4.78 is 0. The first-order valence-electron chi connectivity index (χ1n) is 13.2. The van der Waals surface area contributed by atoms with Crippen molar-refractivity contribution in [2.75, 3.05) is 5.32 Å². The first kappa shape index (κ1) is 21.2. The topological polar surface area (TPSA) is 12.0 Å². The minimum atomic E-state index is 0.305. The van der Waals surface area contributed by atoms with Gasteiger partial charge in [-0.3, -0.25) is 0 Å². The average Bonchev–Trinajstić information content (AvgIpc) is 3.12. The number of anilines is 1. The van der Waals surface area contributed by atoms with Crippen molar-refractivity contribution in [2.24, 2.45) is 0 Å². The zero-order valence-electron chi connectivity index (χ0n) is 20.9. The lowest BCUT2D eigenvalue weighted by molar-refractivity contribution is 1.16. The Morgan fingerprint density at radius 3 is 2.26 bits per heavy atom. The summed E-state index contributed by atoms with van der Waals surface area (Å²) in [6.07, 6.45) is 9.01. The third kappa shape index (κ3) is 3.33. The maximum absolute atomic E-state index is 3.65. The minimum absolute atomic E-state index is 0.305. The molecule has 0 radical (unpaired) electrons. The van der Waals surface area contributed by atoms with Gasteiger partial charge in [0, 0.05) is 17.3 Å². The predicted molar refractivity (Wildman–Crippen MR) is 162 cm³/mol. The standard InChI is InChI=1S/C37H25N/c1-2-10-31-25(6-1)14-15-28-22-27(18-21-32(28)31)24-16-19-29(20-17-24)38-30-9-5-11-33-34-12-3-7-26-8-4-13-35(37(26)34)36(33)23-30/h1-23,33,38H. The Kier molecular flexibility index (Phi) is 4.65. The molecule has 0 heterocycles. The van der Waals surface area contributed by atoms with Crippen LogP contribution in [0.5, 0.6) is 0 Å². The molecule has 6 aromatic carbocycles. The highest BCUT2D eigenvalue weighted by Crippen LogP contribution is 2.48.